The van der Waals surface area contributed by atoms with Gasteiger partial charge in [0, 0.05) is 29.0 Å². The minimum atomic E-state index is -4.57. The summed E-state index contributed by atoms with van der Waals surface area (Å²) in [7, 11) is -4.57. The van der Waals surface area contributed by atoms with E-state index in [4.69, 9.17) is 9.47 Å². The first-order valence-corrected chi connectivity index (χ1v) is 17.2. The number of amides is 2. The molecule has 0 spiro atoms. The van der Waals surface area contributed by atoms with E-state index in [0.717, 1.165) is 30.0 Å². The Bertz CT molecular complexity index is 1670. The quantitative estimate of drug-likeness (QED) is 0.226. The second-order valence-electron chi connectivity index (χ2n) is 13.6. The highest BCUT2D eigenvalue weighted by atomic mass is 32.2. The molecular weight excluding hydrogens is 653 g/mol. The number of non-ortho nitro benzene ring substituents is 1. The summed E-state index contributed by atoms with van der Waals surface area (Å²) in [6.07, 6.45) is -2.83. The number of halogens is 1. The maximum absolute atomic E-state index is 15.7. The lowest BCUT2D eigenvalue weighted by Gasteiger charge is -2.46. The van der Waals surface area contributed by atoms with Crippen molar-refractivity contribution in [2.45, 2.75) is 95.5 Å². The third-order valence-electron chi connectivity index (χ3n) is 7.28. The molecule has 3 rings (SSSR count). The number of rotatable bonds is 6. The highest BCUT2D eigenvalue weighted by molar-refractivity contribution is 8.14. The SMILES string of the molecule is CC(C)(C)OC(=O)N(C(=O)OC(C)(C)C)C1=N[C@](C)(c2cc([N+](=O)[O-])ccc2F)C(CCSC(=O)c2ccccc2)S(=O)(=O)C1(C)C. The Morgan fingerprint density at radius 2 is 1.51 bits per heavy atom. The molecule has 1 aliphatic heterocycles. The number of nitro benzene ring substituents is 1. The maximum Gasteiger partial charge on any atom is 0.425 e. The summed E-state index contributed by atoms with van der Waals surface area (Å²) in [5, 5.41) is 9.82. The van der Waals surface area contributed by atoms with Gasteiger partial charge in [-0.3, -0.25) is 19.9 Å². The lowest BCUT2D eigenvalue weighted by Crippen LogP contribution is -2.64. The first-order valence-electron chi connectivity index (χ1n) is 14.7. The van der Waals surface area contributed by atoms with Gasteiger partial charge in [-0.2, -0.15) is 4.90 Å². The van der Waals surface area contributed by atoms with E-state index >= 15 is 4.39 Å². The lowest BCUT2D eigenvalue weighted by atomic mass is 9.86. The van der Waals surface area contributed by atoms with Gasteiger partial charge in [0.1, 0.15) is 33.1 Å². The Balaban J connectivity index is 2.30. The second-order valence-corrected chi connectivity index (χ2v) is 17.4. The molecule has 0 aromatic heterocycles. The fourth-order valence-electron chi connectivity index (χ4n) is 4.99. The summed E-state index contributed by atoms with van der Waals surface area (Å²) in [4.78, 5) is 56.1. The van der Waals surface area contributed by atoms with E-state index in [1.165, 1.54) is 62.3 Å². The predicted molar refractivity (Wildman–Crippen MR) is 177 cm³/mol. The Morgan fingerprint density at radius 1 is 0.979 bits per heavy atom. The van der Waals surface area contributed by atoms with Gasteiger partial charge in [0.05, 0.1) is 10.2 Å². The summed E-state index contributed by atoms with van der Waals surface area (Å²) >= 11 is 0.849. The molecule has 15 heteroatoms. The van der Waals surface area contributed by atoms with Crippen LogP contribution in [0.2, 0.25) is 0 Å². The molecule has 0 saturated heterocycles. The molecule has 12 nitrogen and oxygen atoms in total. The fourth-order valence-corrected chi connectivity index (χ4v) is 8.30. The van der Waals surface area contributed by atoms with Gasteiger partial charge < -0.3 is 9.47 Å². The molecule has 2 aromatic carbocycles. The van der Waals surface area contributed by atoms with E-state index in [1.54, 1.807) is 30.3 Å². The largest absolute Gasteiger partial charge is 0.443 e. The first kappa shape index (κ1) is 37.6. The number of nitro groups is 1. The maximum atomic E-state index is 15.7. The zero-order chi connectivity index (χ0) is 35.8. The Kier molecular flexibility index (Phi) is 10.7. The van der Waals surface area contributed by atoms with E-state index in [0.29, 0.717) is 10.5 Å². The van der Waals surface area contributed by atoms with Gasteiger partial charge in [-0.15, -0.1) is 0 Å². The van der Waals surface area contributed by atoms with Crippen molar-refractivity contribution in [1.82, 2.24) is 4.90 Å². The molecule has 0 N–H and O–H groups in total. The van der Waals surface area contributed by atoms with Gasteiger partial charge in [-0.05, 0) is 74.8 Å². The van der Waals surface area contributed by atoms with Crippen molar-refractivity contribution in [1.29, 1.82) is 0 Å². The van der Waals surface area contributed by atoms with Crippen molar-refractivity contribution in [3.05, 3.63) is 75.6 Å². The molecule has 0 aliphatic carbocycles. The zero-order valence-corrected chi connectivity index (χ0v) is 29.5. The van der Waals surface area contributed by atoms with Gasteiger partial charge in [-0.1, -0.05) is 42.1 Å². The molecule has 1 heterocycles. The van der Waals surface area contributed by atoms with Crippen LogP contribution in [0.4, 0.5) is 19.7 Å². The third-order valence-corrected chi connectivity index (χ3v) is 11.3. The molecule has 0 saturated carbocycles. The molecule has 2 amide bonds. The molecular formula is C32H40FN3O9S2. The number of nitrogens with zero attached hydrogens (tertiary/aromatic N) is 3. The number of ether oxygens (including phenoxy) is 2. The summed E-state index contributed by atoms with van der Waals surface area (Å²) in [5.74, 6) is -1.68. The molecule has 0 fully saturated rings. The Morgan fingerprint density at radius 3 is 2.00 bits per heavy atom. The van der Waals surface area contributed by atoms with Gasteiger partial charge in [-0.25, -0.2) is 22.4 Å². The number of benzene rings is 2. The number of carbonyl (C=O) groups is 3. The van der Waals surface area contributed by atoms with E-state index in [2.05, 4.69) is 4.99 Å². The Hall–Kier alpha value is -3.85. The molecule has 2 atom stereocenters. The highest BCUT2D eigenvalue weighted by Crippen LogP contribution is 2.47. The van der Waals surface area contributed by atoms with Crippen LogP contribution in [-0.4, -0.2) is 68.3 Å². The Labute approximate surface area is 278 Å². The number of hydrogen-bond acceptors (Lipinski definition) is 11. The number of aliphatic imine (C=N–C) groups is 1. The van der Waals surface area contributed by atoms with Crippen molar-refractivity contribution in [2.75, 3.05) is 5.75 Å². The summed E-state index contributed by atoms with van der Waals surface area (Å²) < 4.78 is 53.9. The molecule has 256 valence electrons. The van der Waals surface area contributed by atoms with Crippen LogP contribution in [0.5, 0.6) is 0 Å². The number of thioether (sulfide) groups is 1. The van der Waals surface area contributed by atoms with E-state index in [9.17, 15) is 32.9 Å². The number of hydrogen-bond donors (Lipinski definition) is 0. The van der Waals surface area contributed by atoms with Crippen LogP contribution in [0.1, 0.15) is 84.7 Å². The third kappa shape index (κ3) is 8.18. The van der Waals surface area contributed by atoms with E-state index in [1.807, 2.05) is 0 Å². The standard InChI is InChI=1S/C32H40FN3O9S2/c1-29(2,3)44-27(38)35(28(39)45-30(4,5)6)26-31(7,8)47(42,43)24(17-18-46-25(37)20-13-11-10-12-14-20)32(9,34-26)22-19-21(36(40)41)15-16-23(22)33/h10-16,19,24H,17-18H2,1-9H3/t24?,32-/m1/s1. The van der Waals surface area contributed by atoms with Crippen molar-refractivity contribution in [3.8, 4) is 0 Å². The normalized spacial score (nSPS) is 20.5. The van der Waals surface area contributed by atoms with Crippen LogP contribution in [0.15, 0.2) is 53.5 Å². The number of amidine groups is 1. The smallest absolute Gasteiger partial charge is 0.425 e. The van der Waals surface area contributed by atoms with E-state index in [-0.39, 0.29) is 17.3 Å². The van der Waals surface area contributed by atoms with Crippen molar-refractivity contribution in [3.63, 3.8) is 0 Å². The number of sulfone groups is 1. The number of imide groups is 1. The molecule has 0 radical (unpaired) electrons. The molecule has 2 aromatic rings. The van der Waals surface area contributed by atoms with Crippen LogP contribution in [0, 0.1) is 15.9 Å². The summed E-state index contributed by atoms with van der Waals surface area (Å²) in [6, 6.07) is 10.9. The van der Waals surface area contributed by atoms with Crippen LogP contribution < -0.4 is 0 Å². The minimum absolute atomic E-state index is 0.0491. The summed E-state index contributed by atoms with van der Waals surface area (Å²) in [5.41, 5.74) is -5.03. The van der Waals surface area contributed by atoms with Crippen LogP contribution in [-0.2, 0) is 24.8 Å². The average Bonchev–Trinajstić information content (AvgIpc) is 2.92. The predicted octanol–water partition coefficient (Wildman–Crippen LogP) is 7.06. The molecule has 0 bridgehead atoms. The highest BCUT2D eigenvalue weighted by Gasteiger charge is 2.60. The summed E-state index contributed by atoms with van der Waals surface area (Å²) in [6.45, 7) is 13.0. The van der Waals surface area contributed by atoms with E-state index < -0.39 is 76.6 Å². The van der Waals surface area contributed by atoms with Crippen molar-refractivity contribution < 1.29 is 41.6 Å². The average molecular weight is 694 g/mol. The van der Waals surface area contributed by atoms with Crippen LogP contribution >= 0.6 is 11.8 Å². The monoisotopic (exact) mass is 693 g/mol. The van der Waals surface area contributed by atoms with Crippen LogP contribution in [0.3, 0.4) is 0 Å². The van der Waals surface area contributed by atoms with Gasteiger partial charge in [0.2, 0.25) is 5.12 Å². The van der Waals surface area contributed by atoms with Crippen LogP contribution in [0.25, 0.3) is 0 Å². The topological polar surface area (TPSA) is 163 Å². The molecule has 1 unspecified atom stereocenters. The molecule has 1 aliphatic rings. The second kappa shape index (κ2) is 13.3. The first-order chi connectivity index (χ1) is 21.4. The number of carbonyl (C=O) groups excluding carboxylic acids is 3. The van der Waals surface area contributed by atoms with Crippen molar-refractivity contribution >= 4 is 50.4 Å². The zero-order valence-electron chi connectivity index (χ0n) is 27.8. The molecule has 47 heavy (non-hydrogen) atoms. The fraction of sp³-hybridized carbons (Fsp3) is 0.500. The van der Waals surface area contributed by atoms with Gasteiger partial charge >= 0.3 is 12.2 Å². The lowest BCUT2D eigenvalue weighted by molar-refractivity contribution is -0.385. The minimum Gasteiger partial charge on any atom is -0.443 e. The van der Waals surface area contributed by atoms with Crippen molar-refractivity contribution in [2.24, 2.45) is 4.99 Å². The van der Waals surface area contributed by atoms with Gasteiger partial charge in [0.15, 0.2) is 9.84 Å². The van der Waals surface area contributed by atoms with Gasteiger partial charge in [0.25, 0.3) is 5.69 Å².